The van der Waals surface area contributed by atoms with Crippen molar-refractivity contribution in [3.8, 4) is 0 Å². The van der Waals surface area contributed by atoms with Crippen LogP contribution in [0.15, 0.2) is 24.3 Å². The van der Waals surface area contributed by atoms with Crippen molar-refractivity contribution in [2.24, 2.45) is 0 Å². The number of alkyl halides is 3. The van der Waals surface area contributed by atoms with Gasteiger partial charge in [0.05, 0.1) is 11.7 Å². The Balaban J connectivity index is 1.80. The number of benzene rings is 1. The second kappa shape index (κ2) is 5.02. The van der Waals surface area contributed by atoms with Crippen LogP contribution >= 0.6 is 0 Å². The number of halogens is 3. The molecule has 0 aromatic heterocycles. The van der Waals surface area contributed by atoms with E-state index in [-0.39, 0.29) is 29.7 Å². The van der Waals surface area contributed by atoms with E-state index in [1.54, 1.807) is 4.90 Å². The molecule has 114 valence electrons. The highest BCUT2D eigenvalue weighted by Crippen LogP contribution is 2.37. The summed E-state index contributed by atoms with van der Waals surface area (Å²) in [6.07, 6.45) is -1.94. The summed E-state index contributed by atoms with van der Waals surface area (Å²) in [6.45, 7) is 0. The zero-order valence-corrected chi connectivity index (χ0v) is 11.3. The Morgan fingerprint density at radius 2 is 1.62 bits per heavy atom. The van der Waals surface area contributed by atoms with Crippen LogP contribution in [0.3, 0.4) is 0 Å². The van der Waals surface area contributed by atoms with E-state index in [0.29, 0.717) is 12.8 Å². The number of aliphatic hydroxyl groups excluding tert-OH is 1. The third-order valence-electron chi connectivity index (χ3n) is 4.40. The van der Waals surface area contributed by atoms with Crippen LogP contribution in [0.2, 0.25) is 0 Å². The quantitative estimate of drug-likeness (QED) is 0.866. The van der Waals surface area contributed by atoms with Crippen LogP contribution in [-0.4, -0.2) is 34.1 Å². The molecule has 0 aliphatic carbocycles. The Morgan fingerprint density at radius 3 is 2.10 bits per heavy atom. The maximum Gasteiger partial charge on any atom is 0.416 e. The topological polar surface area (TPSA) is 40.5 Å². The van der Waals surface area contributed by atoms with Crippen LogP contribution in [-0.2, 0) is 6.18 Å². The van der Waals surface area contributed by atoms with Crippen LogP contribution in [0.25, 0.3) is 0 Å². The first-order valence-electron chi connectivity index (χ1n) is 7.04. The number of aliphatic hydroxyl groups is 1. The Hall–Kier alpha value is -1.56. The summed E-state index contributed by atoms with van der Waals surface area (Å²) in [5.41, 5.74) is -0.479. The Labute approximate surface area is 120 Å². The van der Waals surface area contributed by atoms with E-state index in [4.69, 9.17) is 0 Å². The maximum absolute atomic E-state index is 12.5. The van der Waals surface area contributed by atoms with Gasteiger partial charge in [-0.05, 0) is 49.9 Å². The minimum Gasteiger partial charge on any atom is -0.393 e. The summed E-state index contributed by atoms with van der Waals surface area (Å²) in [4.78, 5) is 14.2. The number of carbonyl (C=O) groups is 1. The van der Waals surface area contributed by atoms with Crippen molar-refractivity contribution in [3.63, 3.8) is 0 Å². The molecule has 0 spiro atoms. The summed E-state index contributed by atoms with van der Waals surface area (Å²) >= 11 is 0. The number of rotatable bonds is 1. The van der Waals surface area contributed by atoms with Crippen LogP contribution in [0.5, 0.6) is 0 Å². The molecule has 21 heavy (non-hydrogen) atoms. The molecule has 2 aliphatic heterocycles. The van der Waals surface area contributed by atoms with Gasteiger partial charge in [-0.1, -0.05) is 0 Å². The highest BCUT2D eigenvalue weighted by Gasteiger charge is 2.43. The number of fused-ring (bicyclic) bond motifs is 2. The van der Waals surface area contributed by atoms with Crippen molar-refractivity contribution in [2.75, 3.05) is 0 Å². The molecule has 2 saturated heterocycles. The molecule has 1 aromatic carbocycles. The second-order valence-corrected chi connectivity index (χ2v) is 5.80. The monoisotopic (exact) mass is 299 g/mol. The van der Waals surface area contributed by atoms with Crippen molar-refractivity contribution in [1.82, 2.24) is 4.90 Å². The molecule has 2 fully saturated rings. The number of nitrogens with zero attached hydrogens (tertiary/aromatic N) is 1. The van der Waals surface area contributed by atoms with Gasteiger partial charge in [-0.25, -0.2) is 0 Å². The third kappa shape index (κ3) is 2.64. The van der Waals surface area contributed by atoms with Gasteiger partial charge in [0.2, 0.25) is 0 Å². The molecule has 0 saturated carbocycles. The zero-order valence-electron chi connectivity index (χ0n) is 11.3. The van der Waals surface area contributed by atoms with Crippen molar-refractivity contribution in [3.05, 3.63) is 35.4 Å². The maximum atomic E-state index is 12.5. The molecule has 3 nitrogen and oxygen atoms in total. The van der Waals surface area contributed by atoms with Crippen molar-refractivity contribution >= 4 is 5.91 Å². The van der Waals surface area contributed by atoms with Crippen LogP contribution in [0.4, 0.5) is 13.2 Å². The first-order chi connectivity index (χ1) is 9.86. The largest absolute Gasteiger partial charge is 0.416 e. The molecule has 6 heteroatoms. The van der Waals surface area contributed by atoms with E-state index in [9.17, 15) is 23.1 Å². The van der Waals surface area contributed by atoms with Crippen LogP contribution in [0, 0.1) is 0 Å². The summed E-state index contributed by atoms with van der Waals surface area (Å²) in [5.74, 6) is -0.233. The second-order valence-electron chi connectivity index (χ2n) is 5.80. The van der Waals surface area contributed by atoms with Gasteiger partial charge in [0.1, 0.15) is 0 Å². The standard InChI is InChI=1S/C15H16F3NO2/c16-15(17,18)10-3-1-9(2-4-10)14(21)19-11-5-6-12(19)8-13(20)7-11/h1-4,11-13,20H,5-8H2. The predicted octanol–water partition coefficient (Wildman–Crippen LogP) is 2.83. The number of hydrogen-bond donors (Lipinski definition) is 1. The number of piperidine rings is 1. The first-order valence-corrected chi connectivity index (χ1v) is 7.04. The van der Waals surface area contributed by atoms with Gasteiger partial charge in [0.15, 0.2) is 0 Å². The van der Waals surface area contributed by atoms with Gasteiger partial charge >= 0.3 is 6.18 Å². The number of amides is 1. The average Bonchev–Trinajstić information content (AvgIpc) is 2.69. The van der Waals surface area contributed by atoms with Gasteiger partial charge in [-0.2, -0.15) is 13.2 Å². The van der Waals surface area contributed by atoms with Crippen molar-refractivity contribution < 1.29 is 23.1 Å². The number of carbonyl (C=O) groups excluding carboxylic acids is 1. The van der Waals surface area contributed by atoms with Gasteiger partial charge in [0, 0.05) is 17.6 Å². The molecule has 2 unspecified atom stereocenters. The normalized spacial score (nSPS) is 28.8. The first kappa shape index (κ1) is 14.4. The highest BCUT2D eigenvalue weighted by atomic mass is 19.4. The van der Waals surface area contributed by atoms with E-state index in [1.807, 2.05) is 0 Å². The lowest BCUT2D eigenvalue weighted by Gasteiger charge is -2.37. The van der Waals surface area contributed by atoms with Gasteiger partial charge < -0.3 is 10.0 Å². The smallest absolute Gasteiger partial charge is 0.393 e. The van der Waals surface area contributed by atoms with Crippen LogP contribution in [0.1, 0.15) is 41.6 Å². The Kier molecular flexibility index (Phi) is 3.43. The molecule has 0 radical (unpaired) electrons. The number of hydrogen-bond acceptors (Lipinski definition) is 2. The SMILES string of the molecule is O=C(c1ccc(C(F)(F)F)cc1)N1C2CCC1CC(O)C2. The van der Waals surface area contributed by atoms with Gasteiger partial charge in [-0.15, -0.1) is 0 Å². The Bertz CT molecular complexity index is 527. The molecular weight excluding hydrogens is 283 g/mol. The fraction of sp³-hybridized carbons (Fsp3) is 0.533. The lowest BCUT2D eigenvalue weighted by molar-refractivity contribution is -0.137. The molecule has 2 heterocycles. The van der Waals surface area contributed by atoms with Gasteiger partial charge in [0.25, 0.3) is 5.91 Å². The van der Waals surface area contributed by atoms with Crippen LogP contribution < -0.4 is 0 Å². The van der Waals surface area contributed by atoms with Gasteiger partial charge in [-0.3, -0.25) is 4.79 Å². The Morgan fingerprint density at radius 1 is 1.10 bits per heavy atom. The van der Waals surface area contributed by atoms with E-state index in [0.717, 1.165) is 25.0 Å². The predicted molar refractivity (Wildman–Crippen MR) is 69.7 cm³/mol. The summed E-state index contributed by atoms with van der Waals surface area (Å²) in [6, 6.07) is 4.36. The molecule has 2 atom stereocenters. The lowest BCUT2D eigenvalue weighted by Crippen LogP contribution is -2.48. The fourth-order valence-electron chi connectivity index (χ4n) is 3.43. The molecule has 3 rings (SSSR count). The fourth-order valence-corrected chi connectivity index (χ4v) is 3.43. The summed E-state index contributed by atoms with van der Waals surface area (Å²) in [5, 5.41) is 9.72. The third-order valence-corrected chi connectivity index (χ3v) is 4.40. The lowest BCUT2D eigenvalue weighted by atomic mass is 9.98. The minimum absolute atomic E-state index is 0.00791. The summed E-state index contributed by atoms with van der Waals surface area (Å²) in [7, 11) is 0. The molecule has 1 aromatic rings. The van der Waals surface area contributed by atoms with E-state index in [1.165, 1.54) is 12.1 Å². The van der Waals surface area contributed by atoms with E-state index >= 15 is 0 Å². The molecule has 1 amide bonds. The average molecular weight is 299 g/mol. The molecule has 1 N–H and O–H groups in total. The molecular formula is C15H16F3NO2. The van der Waals surface area contributed by atoms with Crippen molar-refractivity contribution in [1.29, 1.82) is 0 Å². The summed E-state index contributed by atoms with van der Waals surface area (Å²) < 4.78 is 37.6. The van der Waals surface area contributed by atoms with Crippen molar-refractivity contribution in [2.45, 2.75) is 50.0 Å². The van der Waals surface area contributed by atoms with E-state index in [2.05, 4.69) is 0 Å². The molecule has 2 bridgehead atoms. The minimum atomic E-state index is -4.39. The highest BCUT2D eigenvalue weighted by molar-refractivity contribution is 5.95. The van der Waals surface area contributed by atoms with E-state index < -0.39 is 11.7 Å². The molecule has 2 aliphatic rings. The zero-order chi connectivity index (χ0) is 15.2.